The van der Waals surface area contributed by atoms with Gasteiger partial charge < -0.3 is 21.1 Å². The molecule has 152 valence electrons. The van der Waals surface area contributed by atoms with E-state index >= 15 is 0 Å². The fraction of sp³-hybridized carbons (Fsp3) is 0.300. The average Bonchev–Trinajstić information content (AvgIpc) is 2.65. The second kappa shape index (κ2) is 11.3. The van der Waals surface area contributed by atoms with E-state index in [0.717, 1.165) is 0 Å². The van der Waals surface area contributed by atoms with Crippen LogP contribution in [0.5, 0.6) is 5.75 Å². The molecule has 4 N–H and O–H groups in total. The first-order chi connectivity index (χ1) is 12.9. The van der Waals surface area contributed by atoms with Crippen molar-refractivity contribution in [2.45, 2.75) is 19.9 Å². The van der Waals surface area contributed by atoms with Crippen molar-refractivity contribution in [2.75, 3.05) is 18.5 Å². The maximum atomic E-state index is 13.0. The molecular formula is C20H25ClFN3O3. The number of rotatable bonds is 8. The second-order valence-corrected chi connectivity index (χ2v) is 6.35. The molecule has 0 spiro atoms. The van der Waals surface area contributed by atoms with Gasteiger partial charge in [0.2, 0.25) is 5.91 Å². The number of hydrogen-bond donors (Lipinski definition) is 3. The molecule has 6 nitrogen and oxygen atoms in total. The van der Waals surface area contributed by atoms with Crippen LogP contribution in [0.2, 0.25) is 0 Å². The van der Waals surface area contributed by atoms with Gasteiger partial charge in [-0.05, 0) is 54.4 Å². The minimum atomic E-state index is -0.740. The fourth-order valence-electron chi connectivity index (χ4n) is 2.39. The van der Waals surface area contributed by atoms with Gasteiger partial charge in [0.25, 0.3) is 5.91 Å². The van der Waals surface area contributed by atoms with Crippen molar-refractivity contribution in [3.8, 4) is 5.75 Å². The first-order valence-electron chi connectivity index (χ1n) is 8.71. The van der Waals surface area contributed by atoms with Crippen molar-refractivity contribution in [1.29, 1.82) is 0 Å². The minimum Gasteiger partial charge on any atom is -0.492 e. The van der Waals surface area contributed by atoms with E-state index in [9.17, 15) is 14.0 Å². The molecule has 0 aliphatic rings. The van der Waals surface area contributed by atoms with E-state index in [1.165, 1.54) is 24.3 Å². The molecule has 2 aromatic carbocycles. The lowest BCUT2D eigenvalue weighted by molar-refractivity contribution is -0.118. The molecule has 2 aromatic rings. The number of amides is 2. The van der Waals surface area contributed by atoms with Gasteiger partial charge in [-0.3, -0.25) is 9.59 Å². The van der Waals surface area contributed by atoms with Gasteiger partial charge in [0.15, 0.2) is 0 Å². The lowest BCUT2D eigenvalue weighted by Crippen LogP contribution is -2.47. The van der Waals surface area contributed by atoms with Gasteiger partial charge in [-0.1, -0.05) is 13.8 Å². The number of ether oxygens (including phenoxy) is 1. The number of anilines is 1. The molecule has 0 aromatic heterocycles. The zero-order chi connectivity index (χ0) is 19.8. The predicted molar refractivity (Wildman–Crippen MR) is 109 cm³/mol. The van der Waals surface area contributed by atoms with E-state index in [-0.39, 0.29) is 29.8 Å². The maximum Gasteiger partial charge on any atom is 0.251 e. The Labute approximate surface area is 170 Å². The van der Waals surface area contributed by atoms with Crippen molar-refractivity contribution in [2.24, 2.45) is 11.7 Å². The van der Waals surface area contributed by atoms with Crippen LogP contribution >= 0.6 is 12.4 Å². The molecule has 0 aliphatic carbocycles. The largest absolute Gasteiger partial charge is 0.492 e. The predicted octanol–water partition coefficient (Wildman–Crippen LogP) is 2.98. The van der Waals surface area contributed by atoms with Crippen LogP contribution in [-0.2, 0) is 4.79 Å². The number of nitrogens with one attached hydrogen (secondary N) is 2. The number of halogens is 2. The Hall–Kier alpha value is -2.64. The molecule has 1 unspecified atom stereocenters. The van der Waals surface area contributed by atoms with Gasteiger partial charge in [-0.2, -0.15) is 0 Å². The average molecular weight is 410 g/mol. The lowest BCUT2D eigenvalue weighted by Gasteiger charge is -2.22. The zero-order valence-electron chi connectivity index (χ0n) is 15.8. The minimum absolute atomic E-state index is 0. The Kier molecular flexibility index (Phi) is 9.41. The number of nitrogens with two attached hydrogens (primary N) is 1. The monoisotopic (exact) mass is 409 g/mol. The standard InChI is InChI=1S/C20H24FN3O3.ClH/c1-13(2)18(24-19(25)14-3-5-15(21)6-4-14)20(26)23-16-7-9-17(10-8-16)27-12-11-22;/h3-10,13,18H,11-12,22H2,1-2H3,(H,23,26)(H,24,25);1H. The van der Waals surface area contributed by atoms with Crippen LogP contribution in [0.3, 0.4) is 0 Å². The van der Waals surface area contributed by atoms with Crippen LogP contribution in [0.1, 0.15) is 24.2 Å². The van der Waals surface area contributed by atoms with Crippen LogP contribution in [0.15, 0.2) is 48.5 Å². The topological polar surface area (TPSA) is 93.5 Å². The van der Waals surface area contributed by atoms with Crippen LogP contribution in [-0.4, -0.2) is 31.0 Å². The summed E-state index contributed by atoms with van der Waals surface area (Å²) in [5.74, 6) is -0.681. The molecule has 0 aliphatic heterocycles. The third-order valence-electron chi connectivity index (χ3n) is 3.85. The maximum absolute atomic E-state index is 13.0. The summed E-state index contributed by atoms with van der Waals surface area (Å²) in [5, 5.41) is 5.48. The van der Waals surface area contributed by atoms with E-state index < -0.39 is 17.8 Å². The Morgan fingerprint density at radius 2 is 1.68 bits per heavy atom. The zero-order valence-corrected chi connectivity index (χ0v) is 16.6. The van der Waals surface area contributed by atoms with Gasteiger partial charge in [0, 0.05) is 17.8 Å². The molecule has 8 heteroatoms. The summed E-state index contributed by atoms with van der Waals surface area (Å²) in [4.78, 5) is 24.9. The Morgan fingerprint density at radius 3 is 2.21 bits per heavy atom. The van der Waals surface area contributed by atoms with Crippen molar-refractivity contribution < 1.29 is 18.7 Å². The molecule has 0 saturated heterocycles. The van der Waals surface area contributed by atoms with E-state index in [1.807, 2.05) is 13.8 Å². The lowest BCUT2D eigenvalue weighted by atomic mass is 10.0. The highest BCUT2D eigenvalue weighted by molar-refractivity contribution is 6.01. The Morgan fingerprint density at radius 1 is 1.07 bits per heavy atom. The number of carbonyl (C=O) groups is 2. The molecule has 1 atom stereocenters. The van der Waals surface area contributed by atoms with Crippen LogP contribution in [0.4, 0.5) is 10.1 Å². The SMILES string of the molecule is CC(C)C(NC(=O)c1ccc(F)cc1)C(=O)Nc1ccc(OCCN)cc1.Cl. The van der Waals surface area contributed by atoms with Crippen LogP contribution in [0.25, 0.3) is 0 Å². The third-order valence-corrected chi connectivity index (χ3v) is 3.85. The second-order valence-electron chi connectivity index (χ2n) is 6.35. The summed E-state index contributed by atoms with van der Waals surface area (Å²) in [7, 11) is 0. The van der Waals surface area contributed by atoms with Crippen LogP contribution in [0, 0.1) is 11.7 Å². The molecule has 0 fully saturated rings. The molecule has 0 radical (unpaired) electrons. The quantitative estimate of drug-likeness (QED) is 0.624. The van der Waals surface area contributed by atoms with Crippen molar-refractivity contribution in [1.82, 2.24) is 5.32 Å². The third kappa shape index (κ3) is 6.83. The Bertz CT molecular complexity index is 767. The highest BCUT2D eigenvalue weighted by atomic mass is 35.5. The molecular weight excluding hydrogens is 385 g/mol. The molecule has 0 saturated carbocycles. The van der Waals surface area contributed by atoms with E-state index in [4.69, 9.17) is 10.5 Å². The summed E-state index contributed by atoms with van der Waals surface area (Å²) in [6.07, 6.45) is 0. The van der Waals surface area contributed by atoms with E-state index in [0.29, 0.717) is 24.6 Å². The summed E-state index contributed by atoms with van der Waals surface area (Å²) in [6.45, 7) is 4.50. The smallest absolute Gasteiger partial charge is 0.251 e. The normalized spacial score (nSPS) is 11.3. The summed E-state index contributed by atoms with van der Waals surface area (Å²) < 4.78 is 18.4. The first-order valence-corrected chi connectivity index (χ1v) is 8.71. The molecule has 0 heterocycles. The number of carbonyl (C=O) groups excluding carboxylic acids is 2. The first kappa shape index (κ1) is 23.4. The van der Waals surface area contributed by atoms with Gasteiger partial charge in [-0.15, -0.1) is 12.4 Å². The fourth-order valence-corrected chi connectivity index (χ4v) is 2.39. The number of benzene rings is 2. The molecule has 2 amide bonds. The van der Waals surface area contributed by atoms with Gasteiger partial charge in [-0.25, -0.2) is 4.39 Å². The molecule has 2 rings (SSSR count). The van der Waals surface area contributed by atoms with Gasteiger partial charge >= 0.3 is 0 Å². The highest BCUT2D eigenvalue weighted by Crippen LogP contribution is 2.16. The molecule has 28 heavy (non-hydrogen) atoms. The Balaban J connectivity index is 0.00000392. The van der Waals surface area contributed by atoms with E-state index in [1.54, 1.807) is 24.3 Å². The van der Waals surface area contributed by atoms with Gasteiger partial charge in [0.1, 0.15) is 24.2 Å². The summed E-state index contributed by atoms with van der Waals surface area (Å²) >= 11 is 0. The van der Waals surface area contributed by atoms with Crippen molar-refractivity contribution in [3.63, 3.8) is 0 Å². The number of hydrogen-bond acceptors (Lipinski definition) is 4. The summed E-state index contributed by atoms with van der Waals surface area (Å²) in [6, 6.07) is 11.3. The van der Waals surface area contributed by atoms with Gasteiger partial charge in [0.05, 0.1) is 0 Å². The highest BCUT2D eigenvalue weighted by Gasteiger charge is 2.24. The van der Waals surface area contributed by atoms with Crippen molar-refractivity contribution >= 4 is 29.9 Å². The molecule has 0 bridgehead atoms. The summed E-state index contributed by atoms with van der Waals surface area (Å²) in [5.41, 5.74) is 6.26. The van der Waals surface area contributed by atoms with Crippen LogP contribution < -0.4 is 21.1 Å². The van der Waals surface area contributed by atoms with E-state index in [2.05, 4.69) is 10.6 Å². The van der Waals surface area contributed by atoms with Crippen molar-refractivity contribution in [3.05, 3.63) is 59.9 Å².